The lowest BCUT2D eigenvalue weighted by atomic mass is 9.94. The summed E-state index contributed by atoms with van der Waals surface area (Å²) in [6, 6.07) is 17.9. The summed E-state index contributed by atoms with van der Waals surface area (Å²) in [7, 11) is 3.06. The van der Waals surface area contributed by atoms with Gasteiger partial charge in [-0.15, -0.1) is 0 Å². The number of methoxy groups -OCH3 is 2. The molecule has 8 heteroatoms. The number of aliphatic hydroxyl groups is 1. The number of hydrogen-bond donors (Lipinski definition) is 1. The van der Waals surface area contributed by atoms with Gasteiger partial charge in [0.1, 0.15) is 17.3 Å². The molecule has 0 radical (unpaired) electrons. The molecule has 1 fully saturated rings. The molecule has 3 aromatic carbocycles. The highest BCUT2D eigenvalue weighted by molar-refractivity contribution is 6.51. The SMILES string of the molecule is CCOc1cc(C2/C(=C(/O)c3cccc(OC(C)C)c3)C(=O)C(=O)N2c2cccc(OC)c2)ccc1OC. The van der Waals surface area contributed by atoms with E-state index in [1.54, 1.807) is 66.7 Å². The zero-order chi connectivity index (χ0) is 27.4. The maximum atomic E-state index is 13.5. The van der Waals surface area contributed by atoms with Crippen LogP contribution in [0.4, 0.5) is 5.69 Å². The molecule has 1 heterocycles. The van der Waals surface area contributed by atoms with Crippen LogP contribution in [-0.4, -0.2) is 43.7 Å². The van der Waals surface area contributed by atoms with E-state index in [1.165, 1.54) is 19.1 Å². The van der Waals surface area contributed by atoms with Gasteiger partial charge in [0.2, 0.25) is 0 Å². The molecule has 0 aromatic heterocycles. The van der Waals surface area contributed by atoms with Gasteiger partial charge in [-0.05, 0) is 62.7 Å². The average molecular weight is 518 g/mol. The fourth-order valence-electron chi connectivity index (χ4n) is 4.45. The van der Waals surface area contributed by atoms with Gasteiger partial charge >= 0.3 is 0 Å². The van der Waals surface area contributed by atoms with Gasteiger partial charge in [0.25, 0.3) is 11.7 Å². The van der Waals surface area contributed by atoms with E-state index in [0.717, 1.165) is 0 Å². The van der Waals surface area contributed by atoms with Gasteiger partial charge in [-0.2, -0.15) is 0 Å². The smallest absolute Gasteiger partial charge is 0.300 e. The van der Waals surface area contributed by atoms with E-state index in [2.05, 4.69) is 0 Å². The van der Waals surface area contributed by atoms with Crippen molar-refractivity contribution in [1.82, 2.24) is 0 Å². The molecular weight excluding hydrogens is 486 g/mol. The summed E-state index contributed by atoms with van der Waals surface area (Å²) in [6.45, 7) is 6.02. The van der Waals surface area contributed by atoms with E-state index in [-0.39, 0.29) is 17.4 Å². The van der Waals surface area contributed by atoms with Crippen molar-refractivity contribution in [2.45, 2.75) is 32.9 Å². The zero-order valence-electron chi connectivity index (χ0n) is 22.1. The molecule has 1 unspecified atom stereocenters. The van der Waals surface area contributed by atoms with Gasteiger partial charge in [-0.1, -0.05) is 24.3 Å². The summed E-state index contributed by atoms with van der Waals surface area (Å²) >= 11 is 0. The Morgan fingerprint density at radius 1 is 0.921 bits per heavy atom. The van der Waals surface area contributed by atoms with Gasteiger partial charge < -0.3 is 24.1 Å². The Hall–Kier alpha value is -4.46. The quantitative estimate of drug-likeness (QED) is 0.227. The molecule has 0 spiro atoms. The number of nitrogens with zero attached hydrogens (tertiary/aromatic N) is 1. The fourth-order valence-corrected chi connectivity index (χ4v) is 4.45. The molecular formula is C30H31NO7. The maximum Gasteiger partial charge on any atom is 0.300 e. The van der Waals surface area contributed by atoms with Gasteiger partial charge in [-0.25, -0.2) is 0 Å². The minimum Gasteiger partial charge on any atom is -0.507 e. The summed E-state index contributed by atoms with van der Waals surface area (Å²) in [5.74, 6) is 0.134. The molecule has 198 valence electrons. The summed E-state index contributed by atoms with van der Waals surface area (Å²) in [6.07, 6.45) is -0.0812. The third kappa shape index (κ3) is 5.16. The Bertz CT molecular complexity index is 1380. The van der Waals surface area contributed by atoms with Crippen molar-refractivity contribution in [2.75, 3.05) is 25.7 Å². The summed E-state index contributed by atoms with van der Waals surface area (Å²) in [4.78, 5) is 28.4. The molecule has 1 amide bonds. The number of carbonyl (C=O) groups is 2. The van der Waals surface area contributed by atoms with Gasteiger partial charge in [0.05, 0.1) is 38.5 Å². The second-order valence-electron chi connectivity index (χ2n) is 8.91. The summed E-state index contributed by atoms with van der Waals surface area (Å²) in [5, 5.41) is 11.5. The van der Waals surface area contributed by atoms with Crippen molar-refractivity contribution in [3.05, 3.63) is 83.4 Å². The van der Waals surface area contributed by atoms with Gasteiger partial charge in [0.15, 0.2) is 11.5 Å². The Morgan fingerprint density at radius 3 is 2.34 bits per heavy atom. The molecule has 1 saturated heterocycles. The van der Waals surface area contributed by atoms with Crippen molar-refractivity contribution >= 4 is 23.1 Å². The molecule has 1 aliphatic heterocycles. The van der Waals surface area contributed by atoms with E-state index >= 15 is 0 Å². The van der Waals surface area contributed by atoms with Crippen LogP contribution in [0.3, 0.4) is 0 Å². The Morgan fingerprint density at radius 2 is 1.66 bits per heavy atom. The molecule has 0 aliphatic carbocycles. The second-order valence-corrected chi connectivity index (χ2v) is 8.91. The van der Waals surface area contributed by atoms with Crippen LogP contribution >= 0.6 is 0 Å². The minimum atomic E-state index is -0.943. The third-order valence-electron chi connectivity index (χ3n) is 6.06. The number of benzene rings is 3. The highest BCUT2D eigenvalue weighted by atomic mass is 16.5. The first-order valence-corrected chi connectivity index (χ1v) is 12.3. The van der Waals surface area contributed by atoms with Gasteiger partial charge in [-0.3, -0.25) is 14.5 Å². The lowest BCUT2D eigenvalue weighted by Crippen LogP contribution is -2.29. The third-order valence-corrected chi connectivity index (χ3v) is 6.06. The molecule has 1 aliphatic rings. The summed E-state index contributed by atoms with van der Waals surface area (Å²) < 4.78 is 22.3. The van der Waals surface area contributed by atoms with E-state index in [1.807, 2.05) is 20.8 Å². The van der Waals surface area contributed by atoms with Crippen LogP contribution in [0.25, 0.3) is 5.76 Å². The number of hydrogen-bond acceptors (Lipinski definition) is 7. The van der Waals surface area contributed by atoms with Crippen molar-refractivity contribution < 1.29 is 33.6 Å². The molecule has 0 saturated carbocycles. The normalized spacial score (nSPS) is 16.6. The van der Waals surface area contributed by atoms with E-state index in [4.69, 9.17) is 18.9 Å². The monoisotopic (exact) mass is 517 g/mol. The molecule has 3 aromatic rings. The lowest BCUT2D eigenvalue weighted by molar-refractivity contribution is -0.132. The standard InChI is InChI=1S/C30H31NO7/c1-6-37-25-16-19(13-14-24(25)36-5)27-26(28(32)20-9-7-12-23(15-20)38-18(2)3)29(33)30(34)31(27)21-10-8-11-22(17-21)35-4/h7-18,27,32H,6H2,1-5H3/b28-26-. The number of Topliss-reactive ketones (excluding diaryl/α,β-unsaturated/α-hetero) is 1. The number of ketones is 1. The molecule has 0 bridgehead atoms. The largest absolute Gasteiger partial charge is 0.507 e. The van der Waals surface area contributed by atoms with Crippen molar-refractivity contribution in [1.29, 1.82) is 0 Å². The minimum absolute atomic E-state index is 0.0490. The van der Waals surface area contributed by atoms with E-state index in [9.17, 15) is 14.7 Å². The number of ether oxygens (including phenoxy) is 4. The Labute approximate surface area is 222 Å². The number of amides is 1. The molecule has 1 atom stereocenters. The highest BCUT2D eigenvalue weighted by Crippen LogP contribution is 2.44. The summed E-state index contributed by atoms with van der Waals surface area (Å²) in [5.41, 5.74) is 1.32. The van der Waals surface area contributed by atoms with Crippen LogP contribution in [0.2, 0.25) is 0 Å². The van der Waals surface area contributed by atoms with Crippen LogP contribution in [0.15, 0.2) is 72.3 Å². The van der Waals surface area contributed by atoms with Crippen LogP contribution < -0.4 is 23.8 Å². The number of rotatable bonds is 9. The van der Waals surface area contributed by atoms with Crippen LogP contribution in [0.5, 0.6) is 23.0 Å². The topological polar surface area (TPSA) is 94.5 Å². The van der Waals surface area contributed by atoms with Crippen molar-refractivity contribution in [2.24, 2.45) is 0 Å². The number of anilines is 1. The maximum absolute atomic E-state index is 13.5. The van der Waals surface area contributed by atoms with Crippen LogP contribution in [-0.2, 0) is 9.59 Å². The molecule has 1 N–H and O–H groups in total. The first-order chi connectivity index (χ1) is 18.3. The fraction of sp³-hybridized carbons (Fsp3) is 0.267. The molecule has 8 nitrogen and oxygen atoms in total. The van der Waals surface area contributed by atoms with Gasteiger partial charge in [0, 0.05) is 17.3 Å². The molecule has 38 heavy (non-hydrogen) atoms. The zero-order valence-corrected chi connectivity index (χ0v) is 22.1. The second kappa shape index (κ2) is 11.3. The number of carbonyl (C=O) groups excluding carboxylic acids is 2. The Balaban J connectivity index is 1.94. The first kappa shape index (κ1) is 26.6. The van der Waals surface area contributed by atoms with E-state index in [0.29, 0.717) is 46.4 Å². The predicted molar refractivity (Wildman–Crippen MR) is 144 cm³/mol. The Kier molecular flexibility index (Phi) is 7.90. The van der Waals surface area contributed by atoms with Crippen LogP contribution in [0, 0.1) is 0 Å². The van der Waals surface area contributed by atoms with Crippen molar-refractivity contribution in [3.8, 4) is 23.0 Å². The molecule has 4 rings (SSSR count). The first-order valence-electron chi connectivity index (χ1n) is 12.3. The average Bonchev–Trinajstić information content (AvgIpc) is 3.18. The predicted octanol–water partition coefficient (Wildman–Crippen LogP) is 5.52. The number of aliphatic hydroxyl groups excluding tert-OH is 1. The van der Waals surface area contributed by atoms with Crippen molar-refractivity contribution in [3.63, 3.8) is 0 Å². The van der Waals surface area contributed by atoms with Crippen LogP contribution in [0.1, 0.15) is 37.9 Å². The highest BCUT2D eigenvalue weighted by Gasteiger charge is 2.47. The van der Waals surface area contributed by atoms with E-state index < -0.39 is 17.7 Å². The lowest BCUT2D eigenvalue weighted by Gasteiger charge is -2.26.